The number of pyridine rings is 1. The quantitative estimate of drug-likeness (QED) is 0.365. The van der Waals surface area contributed by atoms with E-state index in [4.69, 9.17) is 17.2 Å². The van der Waals surface area contributed by atoms with E-state index in [2.05, 4.69) is 4.90 Å². The molecule has 0 spiro atoms. The van der Waals surface area contributed by atoms with Gasteiger partial charge < -0.3 is 9.80 Å². The summed E-state index contributed by atoms with van der Waals surface area (Å²) in [7, 11) is 0. The molecule has 6 rings (SSSR count). The molecular formula is C27H26FN5O2S2. The van der Waals surface area contributed by atoms with Crippen LogP contribution in [-0.4, -0.2) is 56.7 Å². The van der Waals surface area contributed by atoms with Crippen LogP contribution >= 0.6 is 24.0 Å². The maximum atomic E-state index is 14.4. The van der Waals surface area contributed by atoms with Gasteiger partial charge in [-0.15, -0.1) is 0 Å². The Morgan fingerprint density at radius 1 is 0.973 bits per heavy atom. The summed E-state index contributed by atoms with van der Waals surface area (Å²) in [5.74, 6) is 0.160. The molecule has 10 heteroatoms. The molecule has 3 aliphatic rings. The van der Waals surface area contributed by atoms with Crippen molar-refractivity contribution in [2.75, 3.05) is 36.0 Å². The normalized spacial score (nSPS) is 20.1. The number of fused-ring (bicyclic) bond motifs is 1. The number of para-hydroxylation sites is 1. The second-order valence-electron chi connectivity index (χ2n) is 9.50. The summed E-state index contributed by atoms with van der Waals surface area (Å²) in [6, 6.07) is 12.3. The number of carbonyl (C=O) groups is 1. The smallest absolute Gasteiger partial charge is 0.267 e. The summed E-state index contributed by atoms with van der Waals surface area (Å²) in [5, 5.41) is 0. The number of thiocarbonyl (C=S) groups is 1. The fourth-order valence-corrected chi connectivity index (χ4v) is 6.80. The molecule has 1 saturated carbocycles. The molecule has 2 saturated heterocycles. The highest BCUT2D eigenvalue weighted by molar-refractivity contribution is 8.26. The molecule has 3 aromatic rings. The largest absolute Gasteiger partial charge is 0.366 e. The number of nitrogens with zero attached hydrogens (tertiary/aromatic N) is 5. The zero-order valence-electron chi connectivity index (χ0n) is 20.2. The Morgan fingerprint density at radius 3 is 2.43 bits per heavy atom. The summed E-state index contributed by atoms with van der Waals surface area (Å²) in [6.07, 6.45) is 7.46. The standard InChI is InChI=1S/C27H26FN5O2S2/c28-20-9-3-4-10-21(20)30-13-15-31(16-14-30)24-19(25(34)32-12-6-5-11-23(32)29-24)17-22-26(35)33(27(36)37-22)18-7-1-2-8-18/h3-6,9-12,17-18H,1-2,7-8,13-16H2/b22-17-. The summed E-state index contributed by atoms with van der Waals surface area (Å²) in [6.45, 7) is 2.29. The Morgan fingerprint density at radius 2 is 1.68 bits per heavy atom. The molecule has 0 bridgehead atoms. The lowest BCUT2D eigenvalue weighted by atomic mass is 10.2. The highest BCUT2D eigenvalue weighted by atomic mass is 32.2. The van der Waals surface area contributed by atoms with Crippen LogP contribution in [0, 0.1) is 5.82 Å². The molecule has 1 amide bonds. The van der Waals surface area contributed by atoms with E-state index >= 15 is 0 Å². The summed E-state index contributed by atoms with van der Waals surface area (Å²) >= 11 is 6.82. The lowest BCUT2D eigenvalue weighted by Gasteiger charge is -2.37. The number of benzene rings is 1. The molecule has 7 nitrogen and oxygen atoms in total. The average molecular weight is 536 g/mol. The van der Waals surface area contributed by atoms with E-state index in [1.54, 1.807) is 41.4 Å². The Balaban J connectivity index is 1.36. The van der Waals surface area contributed by atoms with Gasteiger partial charge in [-0.05, 0) is 43.2 Å². The van der Waals surface area contributed by atoms with Gasteiger partial charge in [0.05, 0.1) is 16.2 Å². The van der Waals surface area contributed by atoms with Crippen LogP contribution in [0.2, 0.25) is 0 Å². The highest BCUT2D eigenvalue weighted by Crippen LogP contribution is 2.38. The lowest BCUT2D eigenvalue weighted by Crippen LogP contribution is -2.47. The van der Waals surface area contributed by atoms with Gasteiger partial charge in [0.15, 0.2) is 0 Å². The molecule has 1 aromatic carbocycles. The molecule has 37 heavy (non-hydrogen) atoms. The van der Waals surface area contributed by atoms with E-state index in [1.165, 1.54) is 22.2 Å². The van der Waals surface area contributed by atoms with Gasteiger partial charge in [0.25, 0.3) is 11.5 Å². The molecule has 0 unspecified atom stereocenters. The maximum absolute atomic E-state index is 14.4. The Kier molecular flexibility index (Phi) is 6.46. The number of hydrogen-bond donors (Lipinski definition) is 0. The van der Waals surface area contributed by atoms with E-state index < -0.39 is 0 Å². The number of rotatable bonds is 4. The van der Waals surface area contributed by atoms with Crippen molar-refractivity contribution in [3.8, 4) is 0 Å². The molecular weight excluding hydrogens is 509 g/mol. The first-order valence-corrected chi connectivity index (χ1v) is 13.8. The number of amides is 1. The van der Waals surface area contributed by atoms with Crippen molar-refractivity contribution in [2.45, 2.75) is 31.7 Å². The number of thioether (sulfide) groups is 1. The molecule has 4 heterocycles. The molecule has 0 radical (unpaired) electrons. The number of piperazine rings is 1. The zero-order valence-corrected chi connectivity index (χ0v) is 21.8. The van der Waals surface area contributed by atoms with Crippen molar-refractivity contribution >= 4 is 57.4 Å². The first kappa shape index (κ1) is 24.1. The van der Waals surface area contributed by atoms with Gasteiger partial charge in [-0.25, -0.2) is 9.37 Å². The van der Waals surface area contributed by atoms with Gasteiger partial charge >= 0.3 is 0 Å². The van der Waals surface area contributed by atoms with Crippen LogP contribution in [0.3, 0.4) is 0 Å². The SMILES string of the molecule is O=C1/C(=C/c2c(N3CCN(c4ccccc4F)CC3)nc3ccccn3c2=O)SC(=S)N1C1CCCC1. The Labute approximate surface area is 223 Å². The van der Waals surface area contributed by atoms with Crippen LogP contribution < -0.4 is 15.4 Å². The monoisotopic (exact) mass is 535 g/mol. The predicted molar refractivity (Wildman–Crippen MR) is 150 cm³/mol. The maximum Gasteiger partial charge on any atom is 0.267 e. The molecule has 0 N–H and O–H groups in total. The number of carbonyl (C=O) groups excluding carboxylic acids is 1. The van der Waals surface area contributed by atoms with Crippen LogP contribution in [0.5, 0.6) is 0 Å². The highest BCUT2D eigenvalue weighted by Gasteiger charge is 2.38. The van der Waals surface area contributed by atoms with E-state index in [9.17, 15) is 14.0 Å². The fraction of sp³-hybridized carbons (Fsp3) is 0.333. The topological polar surface area (TPSA) is 61.2 Å². The number of hydrogen-bond acceptors (Lipinski definition) is 7. The lowest BCUT2D eigenvalue weighted by molar-refractivity contribution is -0.123. The zero-order chi connectivity index (χ0) is 25.5. The van der Waals surface area contributed by atoms with Crippen LogP contribution in [0.4, 0.5) is 15.9 Å². The number of aromatic nitrogens is 2. The van der Waals surface area contributed by atoms with Crippen LogP contribution in [-0.2, 0) is 4.79 Å². The van der Waals surface area contributed by atoms with E-state index in [0.29, 0.717) is 58.1 Å². The van der Waals surface area contributed by atoms with Crippen molar-refractivity contribution in [2.24, 2.45) is 0 Å². The third kappa shape index (κ3) is 4.42. The van der Waals surface area contributed by atoms with Crippen LogP contribution in [0.15, 0.2) is 58.4 Å². The van der Waals surface area contributed by atoms with Gasteiger partial charge in [0.2, 0.25) is 0 Å². The van der Waals surface area contributed by atoms with Crippen molar-refractivity contribution in [3.63, 3.8) is 0 Å². The molecule has 2 aliphatic heterocycles. The Bertz CT molecular complexity index is 1480. The first-order valence-electron chi connectivity index (χ1n) is 12.5. The number of anilines is 2. The minimum atomic E-state index is -0.247. The van der Waals surface area contributed by atoms with Crippen molar-refractivity contribution in [3.05, 3.63) is 75.3 Å². The minimum absolute atomic E-state index is 0.130. The van der Waals surface area contributed by atoms with Gasteiger partial charge in [-0.3, -0.25) is 18.9 Å². The van der Waals surface area contributed by atoms with E-state index in [0.717, 1.165) is 25.7 Å². The van der Waals surface area contributed by atoms with Crippen molar-refractivity contribution in [1.82, 2.24) is 14.3 Å². The predicted octanol–water partition coefficient (Wildman–Crippen LogP) is 4.30. The summed E-state index contributed by atoms with van der Waals surface area (Å²) < 4.78 is 16.4. The van der Waals surface area contributed by atoms with Gasteiger partial charge in [-0.2, -0.15) is 0 Å². The van der Waals surface area contributed by atoms with Crippen LogP contribution in [0.1, 0.15) is 31.2 Å². The van der Waals surface area contributed by atoms with Gasteiger partial charge in [0.1, 0.15) is 21.6 Å². The van der Waals surface area contributed by atoms with Crippen LogP contribution in [0.25, 0.3) is 11.7 Å². The van der Waals surface area contributed by atoms with Gasteiger partial charge in [0, 0.05) is 38.4 Å². The second-order valence-corrected chi connectivity index (χ2v) is 11.2. The van der Waals surface area contributed by atoms with Gasteiger partial charge in [-0.1, -0.05) is 55.0 Å². The van der Waals surface area contributed by atoms with Crippen molar-refractivity contribution in [1.29, 1.82) is 0 Å². The summed E-state index contributed by atoms with van der Waals surface area (Å²) in [5.41, 5.74) is 1.25. The minimum Gasteiger partial charge on any atom is -0.366 e. The first-order chi connectivity index (χ1) is 18.0. The molecule has 0 atom stereocenters. The molecule has 2 aromatic heterocycles. The van der Waals surface area contributed by atoms with E-state index in [-0.39, 0.29) is 23.3 Å². The number of halogens is 1. The summed E-state index contributed by atoms with van der Waals surface area (Å²) in [4.78, 5) is 38.1. The van der Waals surface area contributed by atoms with Crippen molar-refractivity contribution < 1.29 is 9.18 Å². The molecule has 1 aliphatic carbocycles. The third-order valence-corrected chi connectivity index (χ3v) is 8.64. The molecule has 190 valence electrons. The molecule has 3 fully saturated rings. The Hall–Kier alpha value is -3.24. The van der Waals surface area contributed by atoms with E-state index in [1.807, 2.05) is 17.0 Å². The fourth-order valence-electron chi connectivity index (χ4n) is 5.41. The third-order valence-electron chi connectivity index (χ3n) is 7.31. The average Bonchev–Trinajstić information content (AvgIpc) is 3.53. The second kappa shape index (κ2) is 9.90.